The minimum atomic E-state index is 0.476. The van der Waals surface area contributed by atoms with Crippen molar-refractivity contribution in [2.45, 2.75) is 5.54 Å². The fraction of sp³-hybridized carbons (Fsp3) is 0.111. The van der Waals surface area contributed by atoms with Crippen molar-refractivity contribution in [3.05, 3.63) is 47.5 Å². The largest absolute Gasteiger partial charge is 0.103 e. The quantitative estimate of drug-likeness (QED) is 0.485. The predicted molar refractivity (Wildman–Crippen MR) is 54.3 cm³/mol. The van der Waals surface area contributed by atoms with Gasteiger partial charge >= 0.3 is 0 Å². The molecule has 0 saturated carbocycles. The summed E-state index contributed by atoms with van der Waals surface area (Å²) >= 11 is 5.97. The number of hydrogen-bond acceptors (Lipinski definition) is 0. The molecule has 1 atom stereocenters. The van der Waals surface area contributed by atoms with Crippen molar-refractivity contribution < 1.29 is 0 Å². The van der Waals surface area contributed by atoms with Gasteiger partial charge in [-0.05, 0) is 17.2 Å². The molecule has 0 aliphatic rings. The number of allylic oxidation sites excluding steroid dienone is 1. The van der Waals surface area contributed by atoms with Crippen LogP contribution in [0.15, 0.2) is 36.9 Å². The Morgan fingerprint density at radius 3 is 2.64 bits per heavy atom. The van der Waals surface area contributed by atoms with Crippen molar-refractivity contribution in [2.75, 3.05) is 0 Å². The zero-order valence-electron chi connectivity index (χ0n) is 6.55. The lowest BCUT2D eigenvalue weighted by atomic mass is 10.1. The summed E-state index contributed by atoms with van der Waals surface area (Å²) in [5, 5.41) is 0.854. The molecule has 0 saturated heterocycles. The molecular formula is C9H11ClSi. The minimum absolute atomic E-state index is 0.476. The van der Waals surface area contributed by atoms with Gasteiger partial charge in [-0.3, -0.25) is 0 Å². The molecule has 0 N–H and O–H groups in total. The van der Waals surface area contributed by atoms with Crippen LogP contribution >= 0.6 is 11.6 Å². The Balaban J connectivity index is 3.02. The van der Waals surface area contributed by atoms with E-state index in [4.69, 9.17) is 11.6 Å². The highest BCUT2D eigenvalue weighted by molar-refractivity contribution is 6.32. The van der Waals surface area contributed by atoms with Crippen molar-refractivity contribution in [1.29, 1.82) is 0 Å². The molecule has 0 heterocycles. The molecule has 0 spiro atoms. The number of rotatable bonds is 2. The maximum absolute atomic E-state index is 5.97. The number of halogens is 1. The molecule has 0 nitrogen and oxygen atoms in total. The van der Waals surface area contributed by atoms with Gasteiger partial charge in [-0.15, -0.1) is 6.58 Å². The number of benzene rings is 1. The molecule has 0 aliphatic carbocycles. The molecule has 0 bridgehead atoms. The molecule has 0 aliphatic heterocycles. The minimum Gasteiger partial charge on any atom is -0.103 e. The molecule has 1 unspecified atom stereocenters. The van der Waals surface area contributed by atoms with Crippen LogP contribution in [0.5, 0.6) is 0 Å². The average molecular weight is 183 g/mol. The highest BCUT2D eigenvalue weighted by Crippen LogP contribution is 2.22. The van der Waals surface area contributed by atoms with Crippen LogP contribution in [-0.2, 0) is 0 Å². The lowest BCUT2D eigenvalue weighted by molar-refractivity contribution is 1.22. The lowest BCUT2D eigenvalue weighted by Gasteiger charge is -2.07. The van der Waals surface area contributed by atoms with E-state index in [1.165, 1.54) is 5.56 Å². The first-order valence-electron chi connectivity index (χ1n) is 3.62. The van der Waals surface area contributed by atoms with Crippen molar-refractivity contribution in [1.82, 2.24) is 0 Å². The van der Waals surface area contributed by atoms with Gasteiger partial charge in [0.15, 0.2) is 0 Å². The molecule has 11 heavy (non-hydrogen) atoms. The average Bonchev–Trinajstić information content (AvgIpc) is 2.04. The highest BCUT2D eigenvalue weighted by atomic mass is 35.5. The topological polar surface area (TPSA) is 0 Å². The van der Waals surface area contributed by atoms with E-state index in [0.29, 0.717) is 5.54 Å². The summed E-state index contributed by atoms with van der Waals surface area (Å²) in [5.41, 5.74) is 1.68. The Bertz CT molecular complexity index is 257. The van der Waals surface area contributed by atoms with Crippen LogP contribution in [0.4, 0.5) is 0 Å². The van der Waals surface area contributed by atoms with Crippen LogP contribution in [0.1, 0.15) is 11.1 Å². The molecule has 0 fully saturated rings. The summed E-state index contributed by atoms with van der Waals surface area (Å²) in [6.07, 6.45) is 1.95. The maximum Gasteiger partial charge on any atom is 0.0440 e. The van der Waals surface area contributed by atoms with Gasteiger partial charge in [0.05, 0.1) is 0 Å². The van der Waals surface area contributed by atoms with Gasteiger partial charge in [0.2, 0.25) is 0 Å². The molecule has 58 valence electrons. The maximum atomic E-state index is 5.97. The van der Waals surface area contributed by atoms with Crippen molar-refractivity contribution in [3.63, 3.8) is 0 Å². The summed E-state index contributed by atoms with van der Waals surface area (Å²) in [6, 6.07) is 7.94. The summed E-state index contributed by atoms with van der Waals surface area (Å²) in [6.45, 7) is 3.75. The first-order valence-corrected chi connectivity index (χ1v) is 5.16. The molecule has 1 aromatic carbocycles. The van der Waals surface area contributed by atoms with E-state index in [1.807, 2.05) is 24.3 Å². The molecule has 1 aromatic rings. The molecule has 0 radical (unpaired) electrons. The second-order valence-electron chi connectivity index (χ2n) is 2.55. The van der Waals surface area contributed by atoms with E-state index in [1.54, 1.807) is 0 Å². The van der Waals surface area contributed by atoms with Gasteiger partial charge < -0.3 is 0 Å². The molecule has 0 amide bonds. The second-order valence-corrected chi connectivity index (χ2v) is 4.20. The van der Waals surface area contributed by atoms with Crippen LogP contribution in [-0.4, -0.2) is 10.2 Å². The third-order valence-electron chi connectivity index (χ3n) is 1.75. The Kier molecular flexibility index (Phi) is 2.91. The normalized spacial score (nSPS) is 12.8. The third-order valence-corrected chi connectivity index (χ3v) is 3.19. The zero-order valence-corrected chi connectivity index (χ0v) is 9.31. The van der Waals surface area contributed by atoms with Crippen molar-refractivity contribution in [3.8, 4) is 0 Å². The monoisotopic (exact) mass is 182 g/mol. The van der Waals surface area contributed by atoms with E-state index in [0.717, 1.165) is 15.3 Å². The van der Waals surface area contributed by atoms with E-state index in [2.05, 4.69) is 12.6 Å². The molecular weight excluding hydrogens is 172 g/mol. The molecule has 2 heteroatoms. The van der Waals surface area contributed by atoms with E-state index < -0.39 is 0 Å². The third kappa shape index (κ3) is 1.95. The summed E-state index contributed by atoms with van der Waals surface area (Å²) < 4.78 is 0. The second kappa shape index (κ2) is 3.74. The Morgan fingerprint density at radius 2 is 2.09 bits per heavy atom. The van der Waals surface area contributed by atoms with E-state index >= 15 is 0 Å². The summed E-state index contributed by atoms with van der Waals surface area (Å²) in [5.74, 6) is 0. The fourth-order valence-corrected chi connectivity index (χ4v) is 1.97. The van der Waals surface area contributed by atoms with Crippen LogP contribution < -0.4 is 0 Å². The van der Waals surface area contributed by atoms with Crippen molar-refractivity contribution >= 4 is 21.8 Å². The highest BCUT2D eigenvalue weighted by Gasteiger charge is 2.03. The van der Waals surface area contributed by atoms with Crippen LogP contribution in [0.2, 0.25) is 5.02 Å². The van der Waals surface area contributed by atoms with Gasteiger partial charge in [-0.25, -0.2) is 0 Å². The van der Waals surface area contributed by atoms with Gasteiger partial charge in [-0.2, -0.15) is 0 Å². The van der Waals surface area contributed by atoms with Gasteiger partial charge in [0, 0.05) is 15.3 Å². The SMILES string of the molecule is C=CC([SiH3])c1ccccc1Cl. The van der Waals surface area contributed by atoms with Crippen molar-refractivity contribution in [2.24, 2.45) is 0 Å². The standard InChI is InChI=1S/C9H11ClSi/c1-2-9(11)7-5-3-4-6-8(7)10/h2-6,9H,1H2,11H3. The predicted octanol–water partition coefficient (Wildman–Crippen LogP) is 1.93. The number of hydrogen-bond donors (Lipinski definition) is 0. The van der Waals surface area contributed by atoms with Gasteiger partial charge in [-0.1, -0.05) is 35.9 Å². The van der Waals surface area contributed by atoms with E-state index in [-0.39, 0.29) is 0 Å². The molecule has 1 rings (SSSR count). The van der Waals surface area contributed by atoms with E-state index in [9.17, 15) is 0 Å². The molecule has 0 aromatic heterocycles. The first-order chi connectivity index (χ1) is 5.25. The van der Waals surface area contributed by atoms with Crippen LogP contribution in [0.3, 0.4) is 0 Å². The smallest absolute Gasteiger partial charge is 0.0440 e. The Morgan fingerprint density at radius 1 is 1.45 bits per heavy atom. The fourth-order valence-electron chi connectivity index (χ4n) is 0.971. The zero-order chi connectivity index (χ0) is 8.27. The van der Waals surface area contributed by atoms with Crippen LogP contribution in [0.25, 0.3) is 0 Å². The summed E-state index contributed by atoms with van der Waals surface area (Å²) in [7, 11) is 1.07. The first kappa shape index (κ1) is 8.56. The Labute approximate surface area is 75.3 Å². The lowest BCUT2D eigenvalue weighted by Crippen LogP contribution is -1.93. The Hall–Kier alpha value is -0.533. The van der Waals surface area contributed by atoms with Gasteiger partial charge in [0.25, 0.3) is 0 Å². The summed E-state index contributed by atoms with van der Waals surface area (Å²) in [4.78, 5) is 0. The van der Waals surface area contributed by atoms with Gasteiger partial charge in [0.1, 0.15) is 0 Å². The van der Waals surface area contributed by atoms with Crippen LogP contribution in [0, 0.1) is 0 Å².